The number of amides is 1. The molecule has 1 aromatic carbocycles. The maximum absolute atomic E-state index is 11.7. The lowest BCUT2D eigenvalue weighted by molar-refractivity contribution is -0.171. The fourth-order valence-corrected chi connectivity index (χ4v) is 2.13. The van der Waals surface area contributed by atoms with E-state index in [0.717, 1.165) is 24.8 Å². The lowest BCUT2D eigenvalue weighted by Gasteiger charge is -2.24. The molecule has 2 rings (SSSR count). The van der Waals surface area contributed by atoms with E-state index in [1.165, 1.54) is 0 Å². The second-order valence-corrected chi connectivity index (χ2v) is 5.23. The molecule has 1 saturated heterocycles. The van der Waals surface area contributed by atoms with E-state index in [-0.39, 0.29) is 13.2 Å². The van der Waals surface area contributed by atoms with E-state index in [9.17, 15) is 9.59 Å². The minimum absolute atomic E-state index is 0.0750. The van der Waals surface area contributed by atoms with Crippen LogP contribution >= 0.6 is 0 Å². The first-order valence-corrected chi connectivity index (χ1v) is 7.58. The van der Waals surface area contributed by atoms with Crippen molar-refractivity contribution in [3.05, 3.63) is 35.9 Å². The normalized spacial score (nSPS) is 18.9. The Morgan fingerprint density at radius 1 is 1.30 bits per heavy atom. The van der Waals surface area contributed by atoms with Crippen LogP contribution in [0.5, 0.6) is 0 Å². The molecule has 0 spiro atoms. The molecule has 0 radical (unpaired) electrons. The van der Waals surface area contributed by atoms with Gasteiger partial charge >= 0.3 is 12.1 Å². The number of aliphatic carboxylic acids is 1. The van der Waals surface area contributed by atoms with Crippen LogP contribution in [0.15, 0.2) is 30.3 Å². The van der Waals surface area contributed by atoms with Gasteiger partial charge in [0.2, 0.25) is 0 Å². The molecule has 7 nitrogen and oxygen atoms in total. The zero-order valence-corrected chi connectivity index (χ0v) is 12.8. The highest BCUT2D eigenvalue weighted by Crippen LogP contribution is 2.13. The fraction of sp³-hybridized carbons (Fsp3) is 0.500. The molecule has 1 fully saturated rings. The second kappa shape index (κ2) is 9.12. The Morgan fingerprint density at radius 3 is 2.74 bits per heavy atom. The number of carbonyl (C=O) groups is 2. The molecule has 0 bridgehead atoms. The molecule has 7 heteroatoms. The standard InChI is InChI=1S/C16H21NO6/c18-15(19)13(11-22-14-8-4-5-9-21-14)17-16(20)23-10-12-6-2-1-3-7-12/h1-3,6-7,13-14H,4-5,8-11H2,(H,17,20)(H,18,19)/t13-,14?/m0/s1. The molecule has 2 atom stereocenters. The topological polar surface area (TPSA) is 94.1 Å². The van der Waals surface area contributed by atoms with Crippen molar-refractivity contribution in [2.45, 2.75) is 38.2 Å². The third-order valence-electron chi connectivity index (χ3n) is 3.39. The fourth-order valence-electron chi connectivity index (χ4n) is 2.13. The molecular weight excluding hydrogens is 302 g/mol. The predicted molar refractivity (Wildman–Crippen MR) is 80.7 cm³/mol. The highest BCUT2D eigenvalue weighted by Gasteiger charge is 2.24. The summed E-state index contributed by atoms with van der Waals surface area (Å²) in [6.07, 6.45) is 1.48. The van der Waals surface area contributed by atoms with Crippen LogP contribution in [-0.4, -0.2) is 42.7 Å². The van der Waals surface area contributed by atoms with Crippen LogP contribution < -0.4 is 5.32 Å². The minimum Gasteiger partial charge on any atom is -0.480 e. The Labute approximate surface area is 134 Å². The predicted octanol–water partition coefficient (Wildman–Crippen LogP) is 1.91. The van der Waals surface area contributed by atoms with Gasteiger partial charge in [0.1, 0.15) is 6.61 Å². The van der Waals surface area contributed by atoms with Gasteiger partial charge in [-0.25, -0.2) is 9.59 Å². The molecule has 0 aromatic heterocycles. The maximum atomic E-state index is 11.7. The van der Waals surface area contributed by atoms with Crippen molar-refractivity contribution >= 4 is 12.1 Å². The second-order valence-electron chi connectivity index (χ2n) is 5.23. The SMILES string of the molecule is O=C(N[C@@H](COC1CCCCO1)C(=O)O)OCc1ccccc1. The Bertz CT molecular complexity index is 501. The van der Waals surface area contributed by atoms with Crippen molar-refractivity contribution in [2.75, 3.05) is 13.2 Å². The lowest BCUT2D eigenvalue weighted by atomic mass is 10.2. The molecule has 126 valence electrons. The van der Waals surface area contributed by atoms with Crippen LogP contribution in [0.25, 0.3) is 0 Å². The summed E-state index contributed by atoms with van der Waals surface area (Å²) >= 11 is 0. The van der Waals surface area contributed by atoms with Gasteiger partial charge in [-0.15, -0.1) is 0 Å². The summed E-state index contributed by atoms with van der Waals surface area (Å²) in [5, 5.41) is 11.4. The lowest BCUT2D eigenvalue weighted by Crippen LogP contribution is -2.45. The number of hydrogen-bond donors (Lipinski definition) is 2. The van der Waals surface area contributed by atoms with Crippen molar-refractivity contribution < 1.29 is 28.9 Å². The van der Waals surface area contributed by atoms with Gasteiger partial charge in [0.15, 0.2) is 12.3 Å². The van der Waals surface area contributed by atoms with Crippen molar-refractivity contribution in [3.63, 3.8) is 0 Å². The number of nitrogens with one attached hydrogen (secondary N) is 1. The Kier molecular flexibility index (Phi) is 6.83. The quantitative estimate of drug-likeness (QED) is 0.796. The first kappa shape index (κ1) is 17.2. The van der Waals surface area contributed by atoms with Crippen LogP contribution in [0.4, 0.5) is 4.79 Å². The summed E-state index contributed by atoms with van der Waals surface area (Å²) in [7, 11) is 0. The third-order valence-corrected chi connectivity index (χ3v) is 3.39. The van der Waals surface area contributed by atoms with Gasteiger partial charge in [-0.05, 0) is 24.8 Å². The first-order valence-electron chi connectivity index (χ1n) is 7.58. The summed E-state index contributed by atoms with van der Waals surface area (Å²) < 4.78 is 15.8. The van der Waals surface area contributed by atoms with Crippen molar-refractivity contribution in [1.82, 2.24) is 5.32 Å². The first-order chi connectivity index (χ1) is 11.1. The number of ether oxygens (including phenoxy) is 3. The van der Waals surface area contributed by atoms with Crippen LogP contribution in [0.2, 0.25) is 0 Å². The number of benzene rings is 1. The summed E-state index contributed by atoms with van der Waals surface area (Å²) in [4.78, 5) is 22.9. The van der Waals surface area contributed by atoms with E-state index in [0.29, 0.717) is 6.61 Å². The monoisotopic (exact) mass is 323 g/mol. The molecular formula is C16H21NO6. The Balaban J connectivity index is 1.74. The van der Waals surface area contributed by atoms with E-state index in [1.807, 2.05) is 30.3 Å². The zero-order valence-electron chi connectivity index (χ0n) is 12.8. The van der Waals surface area contributed by atoms with Crippen molar-refractivity contribution in [1.29, 1.82) is 0 Å². The van der Waals surface area contributed by atoms with Gasteiger partial charge in [-0.1, -0.05) is 30.3 Å². The van der Waals surface area contributed by atoms with E-state index < -0.39 is 24.4 Å². The number of alkyl carbamates (subject to hydrolysis) is 1. The third kappa shape index (κ3) is 6.25. The summed E-state index contributed by atoms with van der Waals surface area (Å²) in [6.45, 7) is 0.515. The molecule has 1 aliphatic rings. The number of carboxylic acid groups (broad SMARTS) is 1. The van der Waals surface area contributed by atoms with Gasteiger partial charge in [0, 0.05) is 6.61 Å². The molecule has 1 amide bonds. The van der Waals surface area contributed by atoms with Gasteiger partial charge in [0.25, 0.3) is 0 Å². The molecule has 1 aromatic rings. The minimum atomic E-state index is -1.18. The molecule has 2 N–H and O–H groups in total. The highest BCUT2D eigenvalue weighted by atomic mass is 16.7. The van der Waals surface area contributed by atoms with Crippen molar-refractivity contribution in [3.8, 4) is 0 Å². The van der Waals surface area contributed by atoms with Gasteiger partial charge in [0.05, 0.1) is 6.61 Å². The molecule has 23 heavy (non-hydrogen) atoms. The maximum Gasteiger partial charge on any atom is 0.408 e. The number of hydrogen-bond acceptors (Lipinski definition) is 5. The van der Waals surface area contributed by atoms with Crippen LogP contribution in [0.1, 0.15) is 24.8 Å². The van der Waals surface area contributed by atoms with Crippen LogP contribution in [0.3, 0.4) is 0 Å². The molecule has 1 heterocycles. The van der Waals surface area contributed by atoms with Crippen molar-refractivity contribution in [2.24, 2.45) is 0 Å². The van der Waals surface area contributed by atoms with Gasteiger partial charge in [-0.3, -0.25) is 0 Å². The summed E-state index contributed by atoms with van der Waals surface area (Å²) in [5.41, 5.74) is 0.821. The molecule has 0 saturated carbocycles. The number of carboxylic acids is 1. The zero-order chi connectivity index (χ0) is 16.5. The van der Waals surface area contributed by atoms with E-state index in [1.54, 1.807) is 0 Å². The number of rotatable bonds is 7. The Morgan fingerprint density at radius 2 is 2.09 bits per heavy atom. The smallest absolute Gasteiger partial charge is 0.408 e. The average Bonchev–Trinajstić information content (AvgIpc) is 2.58. The highest BCUT2D eigenvalue weighted by molar-refractivity contribution is 5.80. The molecule has 0 aliphatic carbocycles. The van der Waals surface area contributed by atoms with E-state index >= 15 is 0 Å². The largest absolute Gasteiger partial charge is 0.480 e. The Hall–Kier alpha value is -2.12. The van der Waals surface area contributed by atoms with Crippen LogP contribution in [-0.2, 0) is 25.6 Å². The van der Waals surface area contributed by atoms with E-state index in [4.69, 9.17) is 19.3 Å². The van der Waals surface area contributed by atoms with Gasteiger partial charge < -0.3 is 24.6 Å². The summed E-state index contributed by atoms with van der Waals surface area (Å²) in [5.74, 6) is -1.18. The van der Waals surface area contributed by atoms with E-state index in [2.05, 4.69) is 5.32 Å². The molecule has 1 aliphatic heterocycles. The number of carbonyl (C=O) groups excluding carboxylic acids is 1. The molecule has 1 unspecified atom stereocenters. The van der Waals surface area contributed by atoms with Crippen LogP contribution in [0, 0.1) is 0 Å². The average molecular weight is 323 g/mol. The summed E-state index contributed by atoms with van der Waals surface area (Å²) in [6, 6.07) is 7.96. The van der Waals surface area contributed by atoms with Gasteiger partial charge in [-0.2, -0.15) is 0 Å².